The van der Waals surface area contributed by atoms with E-state index in [4.69, 9.17) is 34.8 Å². The fourth-order valence-electron chi connectivity index (χ4n) is 3.38. The van der Waals surface area contributed by atoms with E-state index >= 15 is 0 Å². The van der Waals surface area contributed by atoms with Crippen molar-refractivity contribution in [1.29, 1.82) is 0 Å². The third-order valence-electron chi connectivity index (χ3n) is 5.35. The molecule has 186 valence electrons. The first kappa shape index (κ1) is 27.3. The van der Waals surface area contributed by atoms with Gasteiger partial charge < -0.3 is 15.2 Å². The molecule has 2 N–H and O–H groups in total. The third kappa shape index (κ3) is 6.70. The topological polar surface area (TPSA) is 88.9 Å². The Morgan fingerprint density at radius 2 is 1.80 bits per heavy atom. The predicted molar refractivity (Wildman–Crippen MR) is 143 cm³/mol. The Morgan fingerprint density at radius 3 is 2.46 bits per heavy atom. The highest BCUT2D eigenvalue weighted by Crippen LogP contribution is 2.28. The molecule has 0 radical (unpaired) electrons. The summed E-state index contributed by atoms with van der Waals surface area (Å²) in [6.45, 7) is 8.36. The van der Waals surface area contributed by atoms with E-state index in [0.717, 1.165) is 5.56 Å². The SMILES string of the molecule is CCn1c(SCC(=O)Nc2cccc(Cl)c2C)nnc1[C@@H](NC(=O)c1ccc(Cl)c(Cl)c1)C(C)C. The van der Waals surface area contributed by atoms with E-state index < -0.39 is 6.04 Å². The second-order valence-corrected chi connectivity index (χ2v) is 10.3. The number of aromatic nitrogens is 3. The number of nitrogens with one attached hydrogen (secondary N) is 2. The standard InChI is InChI=1S/C24H26Cl3N5O2S/c1-5-32-22(21(13(2)3)29-23(34)15-9-10-17(26)18(27)11-15)30-31-24(32)35-12-20(33)28-19-8-6-7-16(25)14(19)4/h6-11,13,21H,5,12H2,1-4H3,(H,28,33)(H,29,34)/t21-/m0/s1. The van der Waals surface area contributed by atoms with Crippen molar-refractivity contribution in [3.8, 4) is 0 Å². The van der Waals surface area contributed by atoms with Crippen molar-refractivity contribution < 1.29 is 9.59 Å². The summed E-state index contributed by atoms with van der Waals surface area (Å²) in [6.07, 6.45) is 0. The number of benzene rings is 2. The second-order valence-electron chi connectivity index (χ2n) is 8.16. The van der Waals surface area contributed by atoms with Crippen LogP contribution in [0.1, 0.15) is 48.6 Å². The van der Waals surface area contributed by atoms with Crippen molar-refractivity contribution >= 4 is 64.1 Å². The second kappa shape index (κ2) is 12.1. The normalized spacial score (nSPS) is 12.0. The number of nitrogens with zero attached hydrogens (tertiary/aromatic N) is 3. The van der Waals surface area contributed by atoms with Gasteiger partial charge in [-0.05, 0) is 55.7 Å². The van der Waals surface area contributed by atoms with E-state index in [9.17, 15) is 9.59 Å². The maximum Gasteiger partial charge on any atom is 0.251 e. The number of amides is 2. The number of thioether (sulfide) groups is 1. The molecule has 7 nitrogen and oxygen atoms in total. The van der Waals surface area contributed by atoms with Crippen molar-refractivity contribution in [3.05, 3.63) is 68.4 Å². The quantitative estimate of drug-likeness (QED) is 0.298. The van der Waals surface area contributed by atoms with Crippen molar-refractivity contribution in [2.24, 2.45) is 5.92 Å². The maximum atomic E-state index is 12.9. The number of hydrogen-bond donors (Lipinski definition) is 2. The van der Waals surface area contributed by atoms with Crippen LogP contribution in [0.5, 0.6) is 0 Å². The fourth-order valence-corrected chi connectivity index (χ4v) is 4.67. The summed E-state index contributed by atoms with van der Waals surface area (Å²) in [5.41, 5.74) is 1.88. The van der Waals surface area contributed by atoms with Crippen LogP contribution in [-0.4, -0.2) is 32.3 Å². The molecule has 2 aromatic carbocycles. The molecular formula is C24H26Cl3N5O2S. The molecule has 0 spiro atoms. The van der Waals surface area contributed by atoms with E-state index in [-0.39, 0.29) is 23.5 Å². The maximum absolute atomic E-state index is 12.9. The van der Waals surface area contributed by atoms with E-state index in [1.165, 1.54) is 17.8 Å². The molecule has 2 amide bonds. The van der Waals surface area contributed by atoms with Crippen LogP contribution in [0.3, 0.4) is 0 Å². The van der Waals surface area contributed by atoms with Gasteiger partial charge in [0, 0.05) is 22.8 Å². The fraction of sp³-hybridized carbons (Fsp3) is 0.333. The Labute approximate surface area is 223 Å². The summed E-state index contributed by atoms with van der Waals surface area (Å²) in [5, 5.41) is 16.4. The lowest BCUT2D eigenvalue weighted by atomic mass is 10.0. The minimum absolute atomic E-state index is 0.0307. The molecule has 1 heterocycles. The summed E-state index contributed by atoms with van der Waals surface area (Å²) in [7, 11) is 0. The molecule has 35 heavy (non-hydrogen) atoms. The predicted octanol–water partition coefficient (Wildman–Crippen LogP) is 6.42. The molecule has 0 saturated carbocycles. The molecule has 0 aliphatic carbocycles. The number of carbonyl (C=O) groups excluding carboxylic acids is 2. The molecule has 0 aliphatic rings. The van der Waals surface area contributed by atoms with Crippen LogP contribution in [-0.2, 0) is 11.3 Å². The van der Waals surface area contributed by atoms with Crippen LogP contribution >= 0.6 is 46.6 Å². The minimum Gasteiger partial charge on any atom is -0.342 e. The van der Waals surface area contributed by atoms with Crippen LogP contribution in [0.4, 0.5) is 5.69 Å². The summed E-state index contributed by atoms with van der Waals surface area (Å²) in [6, 6.07) is 9.70. The molecule has 0 aliphatic heterocycles. The minimum atomic E-state index is -0.401. The van der Waals surface area contributed by atoms with Crippen LogP contribution in [0, 0.1) is 12.8 Å². The molecule has 1 aromatic heterocycles. The third-order valence-corrected chi connectivity index (χ3v) is 7.46. The molecule has 0 fully saturated rings. The number of halogens is 3. The van der Waals surface area contributed by atoms with E-state index in [1.807, 2.05) is 32.3 Å². The molecule has 1 atom stereocenters. The Hall–Kier alpha value is -2.26. The zero-order chi connectivity index (χ0) is 25.7. The molecule has 3 aromatic rings. The zero-order valence-corrected chi connectivity index (χ0v) is 22.8. The lowest BCUT2D eigenvalue weighted by Crippen LogP contribution is -2.33. The van der Waals surface area contributed by atoms with Gasteiger partial charge in [-0.1, -0.05) is 66.5 Å². The molecule has 3 rings (SSSR count). The van der Waals surface area contributed by atoms with Crippen LogP contribution in [0.15, 0.2) is 41.6 Å². The van der Waals surface area contributed by atoms with Gasteiger partial charge in [-0.25, -0.2) is 0 Å². The average Bonchev–Trinajstić information content (AvgIpc) is 3.23. The Balaban J connectivity index is 1.73. The largest absolute Gasteiger partial charge is 0.342 e. The number of rotatable bonds is 9. The molecule has 0 unspecified atom stereocenters. The summed E-state index contributed by atoms with van der Waals surface area (Å²) >= 11 is 19.5. The number of hydrogen-bond acceptors (Lipinski definition) is 5. The summed E-state index contributed by atoms with van der Waals surface area (Å²) in [4.78, 5) is 25.4. The van der Waals surface area contributed by atoms with Crippen molar-refractivity contribution in [3.63, 3.8) is 0 Å². The average molecular weight is 555 g/mol. The van der Waals surface area contributed by atoms with E-state index in [1.54, 1.807) is 30.3 Å². The van der Waals surface area contributed by atoms with E-state index in [2.05, 4.69) is 20.8 Å². The van der Waals surface area contributed by atoms with Gasteiger partial charge in [-0.3, -0.25) is 9.59 Å². The van der Waals surface area contributed by atoms with Gasteiger partial charge in [-0.15, -0.1) is 10.2 Å². The first-order chi connectivity index (χ1) is 16.6. The number of carbonyl (C=O) groups is 2. The van der Waals surface area contributed by atoms with Gasteiger partial charge in [-0.2, -0.15) is 0 Å². The van der Waals surface area contributed by atoms with Gasteiger partial charge in [0.15, 0.2) is 11.0 Å². The van der Waals surface area contributed by atoms with Gasteiger partial charge in [0.1, 0.15) is 0 Å². The van der Waals surface area contributed by atoms with Crippen LogP contribution in [0.25, 0.3) is 0 Å². The van der Waals surface area contributed by atoms with E-state index in [0.29, 0.717) is 43.8 Å². The zero-order valence-electron chi connectivity index (χ0n) is 19.7. The monoisotopic (exact) mass is 553 g/mol. The molecule has 11 heteroatoms. The Kier molecular flexibility index (Phi) is 9.47. The highest BCUT2D eigenvalue weighted by molar-refractivity contribution is 7.99. The van der Waals surface area contributed by atoms with Crippen LogP contribution < -0.4 is 10.6 Å². The first-order valence-electron chi connectivity index (χ1n) is 11.0. The summed E-state index contributed by atoms with van der Waals surface area (Å²) < 4.78 is 1.91. The Bertz CT molecular complexity index is 1230. The first-order valence-corrected chi connectivity index (χ1v) is 13.1. The van der Waals surface area contributed by atoms with Gasteiger partial charge in [0.05, 0.1) is 21.8 Å². The highest BCUT2D eigenvalue weighted by Gasteiger charge is 2.26. The molecule has 0 bridgehead atoms. The lowest BCUT2D eigenvalue weighted by molar-refractivity contribution is -0.113. The van der Waals surface area contributed by atoms with Crippen molar-refractivity contribution in [1.82, 2.24) is 20.1 Å². The smallest absolute Gasteiger partial charge is 0.251 e. The van der Waals surface area contributed by atoms with Crippen molar-refractivity contribution in [2.75, 3.05) is 11.1 Å². The van der Waals surface area contributed by atoms with Gasteiger partial charge in [0.25, 0.3) is 5.91 Å². The highest BCUT2D eigenvalue weighted by atomic mass is 35.5. The summed E-state index contributed by atoms with van der Waals surface area (Å²) in [5.74, 6) is 0.318. The Morgan fingerprint density at radius 1 is 1.06 bits per heavy atom. The van der Waals surface area contributed by atoms with Crippen molar-refractivity contribution in [2.45, 2.75) is 45.4 Å². The molecular weight excluding hydrogens is 529 g/mol. The number of anilines is 1. The van der Waals surface area contributed by atoms with Crippen LogP contribution in [0.2, 0.25) is 15.1 Å². The lowest BCUT2D eigenvalue weighted by Gasteiger charge is -2.22. The van der Waals surface area contributed by atoms with Gasteiger partial charge >= 0.3 is 0 Å². The molecule has 0 saturated heterocycles. The van der Waals surface area contributed by atoms with Gasteiger partial charge in [0.2, 0.25) is 5.91 Å².